The number of benzene rings is 1. The maximum absolute atomic E-state index is 14.2. The van der Waals surface area contributed by atoms with E-state index in [2.05, 4.69) is 15.5 Å². The highest BCUT2D eigenvalue weighted by Crippen LogP contribution is 2.29. The zero-order valence-electron chi connectivity index (χ0n) is 11.9. The zero-order chi connectivity index (χ0) is 14.8. The van der Waals surface area contributed by atoms with Crippen LogP contribution in [-0.4, -0.2) is 33.4 Å². The molecule has 3 rings (SSSR count). The third-order valence-corrected chi connectivity index (χ3v) is 3.55. The van der Waals surface area contributed by atoms with Crippen molar-refractivity contribution in [1.82, 2.24) is 20.2 Å². The minimum atomic E-state index is -0.348. The van der Waals surface area contributed by atoms with Crippen LogP contribution in [0.15, 0.2) is 12.1 Å². The van der Waals surface area contributed by atoms with Crippen LogP contribution in [0.5, 0.6) is 0 Å². The molecule has 1 heterocycles. The van der Waals surface area contributed by atoms with Crippen LogP contribution in [0.1, 0.15) is 18.4 Å². The van der Waals surface area contributed by atoms with Gasteiger partial charge in [0.1, 0.15) is 5.82 Å². The summed E-state index contributed by atoms with van der Waals surface area (Å²) < 4.78 is 21.3. The summed E-state index contributed by atoms with van der Waals surface area (Å²) in [7, 11) is 0. The number of ether oxygens (including phenoxy) is 1. The molecule has 6 nitrogen and oxygen atoms in total. The fraction of sp³-hybridized carbons (Fsp3) is 0.500. The third kappa shape index (κ3) is 3.18. The van der Waals surface area contributed by atoms with E-state index in [0.717, 1.165) is 6.61 Å². The Hall–Kier alpha value is -2.02. The fourth-order valence-electron chi connectivity index (χ4n) is 2.19. The Kier molecular flexibility index (Phi) is 3.83. The van der Waals surface area contributed by atoms with Gasteiger partial charge < -0.3 is 10.5 Å². The molecule has 21 heavy (non-hydrogen) atoms. The maximum Gasteiger partial charge on any atom is 0.185 e. The number of nitrogens with two attached hydrogens (primary N) is 1. The Bertz CT molecular complexity index is 638. The molecule has 1 fully saturated rings. The molecule has 2 N–H and O–H groups in total. The minimum Gasteiger partial charge on any atom is -0.399 e. The molecule has 0 unspecified atom stereocenters. The van der Waals surface area contributed by atoms with E-state index in [-0.39, 0.29) is 5.82 Å². The predicted molar refractivity (Wildman–Crippen MR) is 75.9 cm³/mol. The van der Waals surface area contributed by atoms with Gasteiger partial charge in [0.15, 0.2) is 5.82 Å². The summed E-state index contributed by atoms with van der Waals surface area (Å²) in [6, 6.07) is 3.14. The smallest absolute Gasteiger partial charge is 0.185 e. The predicted octanol–water partition coefficient (Wildman–Crippen LogP) is 1.80. The Labute approximate surface area is 122 Å². The van der Waals surface area contributed by atoms with Crippen molar-refractivity contribution in [3.05, 3.63) is 23.5 Å². The normalized spacial score (nSPS) is 14.6. The number of hydrogen-bond acceptors (Lipinski definition) is 5. The second kappa shape index (κ2) is 5.77. The molecule has 0 saturated heterocycles. The molecule has 112 valence electrons. The number of aromatic nitrogens is 4. The molecule has 1 aliphatic carbocycles. The summed E-state index contributed by atoms with van der Waals surface area (Å²) in [4.78, 5) is 0. The van der Waals surface area contributed by atoms with Gasteiger partial charge in [-0.15, -0.1) is 5.10 Å². The molecule has 0 spiro atoms. The van der Waals surface area contributed by atoms with Gasteiger partial charge in [-0.1, -0.05) is 0 Å². The van der Waals surface area contributed by atoms with Gasteiger partial charge in [0.2, 0.25) is 0 Å². The Morgan fingerprint density at radius 2 is 2.24 bits per heavy atom. The number of nitrogens with zero attached hydrogens (tertiary/aromatic N) is 4. The molecule has 0 amide bonds. The summed E-state index contributed by atoms with van der Waals surface area (Å²) >= 11 is 0. The average Bonchev–Trinajstić information content (AvgIpc) is 3.16. The van der Waals surface area contributed by atoms with Crippen molar-refractivity contribution in [2.75, 3.05) is 18.9 Å². The van der Waals surface area contributed by atoms with Crippen LogP contribution in [-0.2, 0) is 11.3 Å². The molecule has 1 saturated carbocycles. The first kappa shape index (κ1) is 13.9. The third-order valence-electron chi connectivity index (χ3n) is 3.55. The van der Waals surface area contributed by atoms with E-state index in [0.29, 0.717) is 41.7 Å². The number of anilines is 1. The van der Waals surface area contributed by atoms with Crippen molar-refractivity contribution in [1.29, 1.82) is 0 Å². The second-order valence-electron chi connectivity index (χ2n) is 5.44. The lowest BCUT2D eigenvalue weighted by atomic mass is 10.1. The standard InChI is InChI=1S/C14H18FN5O/c1-9-6-11(16)7-12(13(9)15)14-17-18-19-20(14)4-5-21-8-10-2-3-10/h6-7,10H,2-5,8,16H2,1H3. The SMILES string of the molecule is Cc1cc(N)cc(-c2nnnn2CCOCC2CC2)c1F. The number of hydrogen-bond donors (Lipinski definition) is 1. The first-order chi connectivity index (χ1) is 10.1. The van der Waals surface area contributed by atoms with Gasteiger partial charge >= 0.3 is 0 Å². The number of tetrazole rings is 1. The highest BCUT2D eigenvalue weighted by atomic mass is 19.1. The highest BCUT2D eigenvalue weighted by Gasteiger charge is 2.21. The van der Waals surface area contributed by atoms with E-state index < -0.39 is 0 Å². The van der Waals surface area contributed by atoms with Crippen molar-refractivity contribution in [2.24, 2.45) is 5.92 Å². The quantitative estimate of drug-likeness (QED) is 0.648. The number of halogens is 1. The molecule has 1 aliphatic rings. The minimum absolute atomic E-state index is 0.319. The van der Waals surface area contributed by atoms with E-state index in [4.69, 9.17) is 10.5 Å². The molecule has 0 atom stereocenters. The molecule has 1 aromatic heterocycles. The number of aryl methyl sites for hydroxylation is 1. The molecular formula is C14H18FN5O. The van der Waals surface area contributed by atoms with E-state index >= 15 is 0 Å². The van der Waals surface area contributed by atoms with Crippen LogP contribution >= 0.6 is 0 Å². The Balaban J connectivity index is 1.74. The fourth-order valence-corrected chi connectivity index (χ4v) is 2.19. The van der Waals surface area contributed by atoms with Crippen molar-refractivity contribution in [2.45, 2.75) is 26.3 Å². The van der Waals surface area contributed by atoms with Gasteiger partial charge in [0.25, 0.3) is 0 Å². The van der Waals surface area contributed by atoms with Gasteiger partial charge in [-0.05, 0) is 53.8 Å². The van der Waals surface area contributed by atoms with Crippen molar-refractivity contribution >= 4 is 5.69 Å². The number of rotatable bonds is 6. The van der Waals surface area contributed by atoms with E-state index in [1.54, 1.807) is 23.7 Å². The summed E-state index contributed by atoms with van der Waals surface area (Å²) in [5, 5.41) is 11.4. The van der Waals surface area contributed by atoms with Gasteiger partial charge in [-0.2, -0.15) is 0 Å². The van der Waals surface area contributed by atoms with Crippen molar-refractivity contribution < 1.29 is 9.13 Å². The summed E-state index contributed by atoms with van der Waals surface area (Å²) in [6.45, 7) is 3.45. The zero-order valence-corrected chi connectivity index (χ0v) is 11.9. The highest BCUT2D eigenvalue weighted by molar-refractivity contribution is 5.63. The molecule has 0 bridgehead atoms. The van der Waals surface area contributed by atoms with Crippen LogP contribution in [0, 0.1) is 18.7 Å². The van der Waals surface area contributed by atoms with Crippen LogP contribution in [0.3, 0.4) is 0 Å². The van der Waals surface area contributed by atoms with E-state index in [1.807, 2.05) is 0 Å². The molecule has 1 aromatic carbocycles. The van der Waals surface area contributed by atoms with Crippen molar-refractivity contribution in [3.8, 4) is 11.4 Å². The summed E-state index contributed by atoms with van der Waals surface area (Å²) in [6.07, 6.45) is 2.51. The first-order valence-corrected chi connectivity index (χ1v) is 7.05. The largest absolute Gasteiger partial charge is 0.399 e. The maximum atomic E-state index is 14.2. The van der Waals surface area contributed by atoms with Crippen LogP contribution in [0.2, 0.25) is 0 Å². The Morgan fingerprint density at radius 3 is 3.00 bits per heavy atom. The van der Waals surface area contributed by atoms with Gasteiger partial charge in [0, 0.05) is 12.3 Å². The van der Waals surface area contributed by atoms with Crippen molar-refractivity contribution in [3.63, 3.8) is 0 Å². The van der Waals surface area contributed by atoms with Crippen LogP contribution in [0.4, 0.5) is 10.1 Å². The van der Waals surface area contributed by atoms with E-state index in [1.165, 1.54) is 12.8 Å². The Morgan fingerprint density at radius 1 is 1.43 bits per heavy atom. The lowest BCUT2D eigenvalue weighted by Crippen LogP contribution is -2.11. The second-order valence-corrected chi connectivity index (χ2v) is 5.44. The molecule has 2 aromatic rings. The molecule has 7 heteroatoms. The monoisotopic (exact) mass is 291 g/mol. The lowest BCUT2D eigenvalue weighted by molar-refractivity contribution is 0.114. The average molecular weight is 291 g/mol. The van der Waals surface area contributed by atoms with Gasteiger partial charge in [-0.3, -0.25) is 0 Å². The van der Waals surface area contributed by atoms with Gasteiger partial charge in [-0.25, -0.2) is 9.07 Å². The van der Waals surface area contributed by atoms with Crippen LogP contribution in [0.25, 0.3) is 11.4 Å². The number of nitrogen functional groups attached to an aromatic ring is 1. The van der Waals surface area contributed by atoms with Crippen LogP contribution < -0.4 is 5.73 Å². The summed E-state index contributed by atoms with van der Waals surface area (Å²) in [5.41, 5.74) is 7.06. The topological polar surface area (TPSA) is 78.9 Å². The molecule has 0 radical (unpaired) electrons. The summed E-state index contributed by atoms with van der Waals surface area (Å²) in [5.74, 6) is 0.740. The van der Waals surface area contributed by atoms with E-state index in [9.17, 15) is 4.39 Å². The molecular weight excluding hydrogens is 273 g/mol. The van der Waals surface area contributed by atoms with Gasteiger partial charge in [0.05, 0.1) is 18.7 Å². The lowest BCUT2D eigenvalue weighted by Gasteiger charge is -2.08. The first-order valence-electron chi connectivity index (χ1n) is 7.05. The molecule has 0 aliphatic heterocycles.